The zero-order valence-corrected chi connectivity index (χ0v) is 21.5. The fourth-order valence-electron chi connectivity index (χ4n) is 6.04. The van der Waals surface area contributed by atoms with Gasteiger partial charge in [0.15, 0.2) is 23.1 Å². The smallest absolute Gasteiger partial charge is 0.319 e. The van der Waals surface area contributed by atoms with Crippen molar-refractivity contribution in [2.75, 3.05) is 32.6 Å². The van der Waals surface area contributed by atoms with Crippen molar-refractivity contribution < 1.29 is 23.0 Å². The fourth-order valence-corrected chi connectivity index (χ4v) is 6.04. The molecule has 1 aliphatic heterocycles. The number of nitrogens with one attached hydrogen (secondary N) is 2. The van der Waals surface area contributed by atoms with Crippen molar-refractivity contribution in [3.05, 3.63) is 53.6 Å². The maximum Gasteiger partial charge on any atom is 0.319 e. The quantitative estimate of drug-likeness (QED) is 0.505. The van der Waals surface area contributed by atoms with Crippen LogP contribution in [0.4, 0.5) is 19.3 Å². The first-order valence-electron chi connectivity index (χ1n) is 12.4. The largest absolute Gasteiger partial charge is 0.493 e. The third-order valence-corrected chi connectivity index (χ3v) is 8.03. The number of urea groups is 1. The predicted octanol–water partition coefficient (Wildman–Crippen LogP) is 5.50. The van der Waals surface area contributed by atoms with Gasteiger partial charge in [0.05, 0.1) is 14.2 Å². The topological polar surface area (TPSA) is 62.8 Å². The monoisotopic (exact) mass is 521 g/mol. The van der Waals surface area contributed by atoms with Crippen LogP contribution >= 0.6 is 12.4 Å². The molecule has 6 nitrogen and oxygen atoms in total. The van der Waals surface area contributed by atoms with Crippen LogP contribution in [0.2, 0.25) is 0 Å². The number of fused-ring (bicyclic) bond motifs is 1. The number of carbonyl (C=O) groups excluding carboxylic acids is 1. The minimum atomic E-state index is -0.984. The van der Waals surface area contributed by atoms with Crippen LogP contribution in [-0.2, 0) is 5.41 Å². The van der Waals surface area contributed by atoms with Crippen molar-refractivity contribution in [3.8, 4) is 11.5 Å². The lowest BCUT2D eigenvalue weighted by molar-refractivity contribution is 0.132. The molecular weight excluding hydrogens is 488 g/mol. The van der Waals surface area contributed by atoms with E-state index in [0.29, 0.717) is 6.04 Å². The summed E-state index contributed by atoms with van der Waals surface area (Å²) in [4.78, 5) is 15.3. The number of benzene rings is 2. The van der Waals surface area contributed by atoms with Crippen molar-refractivity contribution in [1.29, 1.82) is 0 Å². The van der Waals surface area contributed by atoms with Gasteiger partial charge in [0.25, 0.3) is 0 Å². The molecule has 196 valence electrons. The highest BCUT2D eigenvalue weighted by Gasteiger charge is 2.52. The van der Waals surface area contributed by atoms with E-state index >= 15 is 0 Å². The number of nitrogens with zero attached hydrogens (tertiary/aromatic N) is 1. The average Bonchev–Trinajstić information content (AvgIpc) is 3.61. The molecule has 0 unspecified atom stereocenters. The Morgan fingerprint density at radius 3 is 2.50 bits per heavy atom. The molecule has 0 radical (unpaired) electrons. The van der Waals surface area contributed by atoms with Crippen molar-refractivity contribution in [2.45, 2.75) is 56.0 Å². The van der Waals surface area contributed by atoms with E-state index in [-0.39, 0.29) is 29.6 Å². The van der Waals surface area contributed by atoms with Crippen LogP contribution in [0.3, 0.4) is 0 Å². The first-order valence-corrected chi connectivity index (χ1v) is 12.4. The Kier molecular flexibility index (Phi) is 7.95. The maximum absolute atomic E-state index is 13.5. The normalized spacial score (nSPS) is 25.4. The Labute approximate surface area is 217 Å². The second kappa shape index (κ2) is 10.8. The Morgan fingerprint density at radius 2 is 1.81 bits per heavy atom. The number of rotatable bonds is 7. The lowest BCUT2D eigenvalue weighted by Gasteiger charge is -2.45. The molecule has 0 bridgehead atoms. The van der Waals surface area contributed by atoms with E-state index in [1.165, 1.54) is 24.5 Å². The van der Waals surface area contributed by atoms with Crippen molar-refractivity contribution in [2.24, 2.45) is 5.92 Å². The summed E-state index contributed by atoms with van der Waals surface area (Å²) in [6.45, 7) is 2.15. The summed E-state index contributed by atoms with van der Waals surface area (Å²) in [5.74, 6) is 0.320. The summed E-state index contributed by atoms with van der Waals surface area (Å²) in [5.41, 5.74) is 1.50. The van der Waals surface area contributed by atoms with Crippen LogP contribution < -0.4 is 20.1 Å². The van der Waals surface area contributed by atoms with Crippen LogP contribution in [0.25, 0.3) is 0 Å². The van der Waals surface area contributed by atoms with Crippen LogP contribution in [0.15, 0.2) is 36.4 Å². The Balaban J connectivity index is 0.00000304. The molecule has 2 saturated carbocycles. The third kappa shape index (κ3) is 5.25. The van der Waals surface area contributed by atoms with Crippen LogP contribution in [-0.4, -0.2) is 50.3 Å². The Morgan fingerprint density at radius 1 is 1.03 bits per heavy atom. The van der Waals surface area contributed by atoms with E-state index in [0.717, 1.165) is 68.3 Å². The van der Waals surface area contributed by atoms with E-state index in [1.807, 2.05) is 6.07 Å². The molecule has 0 spiro atoms. The molecule has 36 heavy (non-hydrogen) atoms. The molecule has 3 atom stereocenters. The zero-order valence-electron chi connectivity index (χ0n) is 20.7. The number of anilines is 1. The summed E-state index contributed by atoms with van der Waals surface area (Å²) < 4.78 is 37.8. The van der Waals surface area contributed by atoms with Gasteiger partial charge in [-0.1, -0.05) is 6.07 Å². The number of hydrogen-bond acceptors (Lipinski definition) is 4. The van der Waals surface area contributed by atoms with E-state index in [1.54, 1.807) is 14.2 Å². The van der Waals surface area contributed by atoms with Crippen molar-refractivity contribution in [1.82, 2.24) is 10.2 Å². The number of likely N-dealkylation sites (tertiary alicyclic amines) is 1. The highest BCUT2D eigenvalue weighted by atomic mass is 35.5. The SMILES string of the molecule is COc1ccc([C@@]23CC[C@@H](NC(=O)Nc4ccc(F)c(F)c4)C[C@@H]2N(CC2CC2)CC3)cc1OC.Cl. The van der Waals surface area contributed by atoms with Gasteiger partial charge in [0.1, 0.15) is 0 Å². The van der Waals surface area contributed by atoms with E-state index in [9.17, 15) is 13.6 Å². The second-order valence-corrected chi connectivity index (χ2v) is 10.1. The highest BCUT2D eigenvalue weighted by Crippen LogP contribution is 2.51. The van der Waals surface area contributed by atoms with Gasteiger partial charge in [0.2, 0.25) is 0 Å². The maximum atomic E-state index is 13.5. The molecule has 2 aromatic carbocycles. The molecule has 9 heteroatoms. The van der Waals surface area contributed by atoms with Crippen LogP contribution in [0.5, 0.6) is 11.5 Å². The summed E-state index contributed by atoms with van der Waals surface area (Å²) in [5, 5.41) is 5.71. The first kappa shape index (κ1) is 26.5. The van der Waals surface area contributed by atoms with Gasteiger partial charge in [-0.15, -0.1) is 12.4 Å². The minimum absolute atomic E-state index is 0. The first-order chi connectivity index (χ1) is 16.9. The predicted molar refractivity (Wildman–Crippen MR) is 137 cm³/mol. The van der Waals surface area contributed by atoms with Crippen LogP contribution in [0.1, 0.15) is 44.1 Å². The molecule has 5 rings (SSSR count). The van der Waals surface area contributed by atoms with E-state index in [2.05, 4.69) is 27.7 Å². The van der Waals surface area contributed by atoms with Gasteiger partial charge in [-0.2, -0.15) is 0 Å². The van der Waals surface area contributed by atoms with Gasteiger partial charge in [0, 0.05) is 35.8 Å². The van der Waals surface area contributed by atoms with Crippen molar-refractivity contribution in [3.63, 3.8) is 0 Å². The van der Waals surface area contributed by atoms with Gasteiger partial charge in [-0.05, 0) is 80.8 Å². The number of halogens is 3. The number of hydrogen-bond donors (Lipinski definition) is 2. The zero-order chi connectivity index (χ0) is 24.6. The Bertz CT molecular complexity index is 1100. The second-order valence-electron chi connectivity index (χ2n) is 10.1. The van der Waals surface area contributed by atoms with Crippen molar-refractivity contribution >= 4 is 24.1 Å². The highest BCUT2D eigenvalue weighted by molar-refractivity contribution is 5.89. The lowest BCUT2D eigenvalue weighted by Crippen LogP contribution is -2.53. The average molecular weight is 522 g/mol. The number of ether oxygens (including phenoxy) is 2. The van der Waals surface area contributed by atoms with Gasteiger partial charge in [-0.3, -0.25) is 4.90 Å². The summed E-state index contributed by atoms with van der Waals surface area (Å²) in [6, 6.07) is 9.55. The molecule has 2 aliphatic carbocycles. The van der Waals surface area contributed by atoms with E-state index < -0.39 is 17.7 Å². The molecule has 2 aromatic rings. The molecular formula is C27H34ClF2N3O3. The van der Waals surface area contributed by atoms with Crippen LogP contribution in [0, 0.1) is 17.6 Å². The standard InChI is InChI=1S/C27H33F2N3O3.ClH/c1-34-23-8-5-18(13-24(23)35-2)27-10-9-20(15-25(27)32(12-11-27)16-17-3-4-17)31-26(33)30-19-6-7-21(28)22(29)14-19;/h5-8,13-14,17,20,25H,3-4,9-12,15-16H2,1-2H3,(H2,30,31,33);1H/t20-,25+,27+;/m1./s1. The number of amides is 2. The molecule has 1 heterocycles. The van der Waals surface area contributed by atoms with Gasteiger partial charge in [-0.25, -0.2) is 13.6 Å². The molecule has 3 fully saturated rings. The Hall–Kier alpha value is -2.58. The fraction of sp³-hybridized carbons (Fsp3) is 0.519. The molecule has 2 amide bonds. The molecule has 0 aromatic heterocycles. The molecule has 3 aliphatic rings. The summed E-state index contributed by atoms with van der Waals surface area (Å²) in [7, 11) is 3.31. The van der Waals surface area contributed by atoms with Gasteiger partial charge >= 0.3 is 6.03 Å². The number of methoxy groups -OCH3 is 2. The summed E-state index contributed by atoms with van der Waals surface area (Å²) in [6.07, 6.45) is 6.30. The minimum Gasteiger partial charge on any atom is -0.493 e. The van der Waals surface area contributed by atoms with E-state index in [4.69, 9.17) is 9.47 Å². The number of carbonyl (C=O) groups is 1. The lowest BCUT2D eigenvalue weighted by atomic mass is 9.65. The molecule has 1 saturated heterocycles. The molecule has 2 N–H and O–H groups in total. The third-order valence-electron chi connectivity index (χ3n) is 8.03. The van der Waals surface area contributed by atoms with Gasteiger partial charge < -0.3 is 20.1 Å². The summed E-state index contributed by atoms with van der Waals surface area (Å²) >= 11 is 0.